The fourth-order valence-electron chi connectivity index (χ4n) is 3.47. The van der Waals surface area contributed by atoms with Gasteiger partial charge >= 0.3 is 5.69 Å². The largest absolute Gasteiger partial charge is 0.379 e. The van der Waals surface area contributed by atoms with Crippen LogP contribution in [0.1, 0.15) is 11.1 Å². The molecule has 2 N–H and O–H groups in total. The van der Waals surface area contributed by atoms with Crippen LogP contribution in [0.5, 0.6) is 0 Å². The van der Waals surface area contributed by atoms with Crippen LogP contribution in [0.3, 0.4) is 0 Å². The molecule has 10 heteroatoms. The first-order valence-electron chi connectivity index (χ1n) is 10.0. The van der Waals surface area contributed by atoms with Crippen LogP contribution in [0.15, 0.2) is 40.2 Å². The Hall–Kier alpha value is -3.24. The van der Waals surface area contributed by atoms with E-state index in [4.69, 9.17) is 10.5 Å². The number of imidazole rings is 1. The van der Waals surface area contributed by atoms with Crippen LogP contribution in [0.2, 0.25) is 0 Å². The van der Waals surface area contributed by atoms with Gasteiger partial charge < -0.3 is 15.0 Å². The number of aromatic nitrogens is 4. The van der Waals surface area contributed by atoms with Crippen LogP contribution >= 0.6 is 0 Å². The van der Waals surface area contributed by atoms with E-state index < -0.39 is 17.2 Å². The zero-order valence-corrected chi connectivity index (χ0v) is 18.1. The summed E-state index contributed by atoms with van der Waals surface area (Å²) in [4.78, 5) is 40.8. The third-order valence-corrected chi connectivity index (χ3v) is 5.30. The van der Waals surface area contributed by atoms with Crippen LogP contribution in [0.25, 0.3) is 11.2 Å². The van der Waals surface area contributed by atoms with Crippen LogP contribution in [0.4, 0.5) is 0 Å². The van der Waals surface area contributed by atoms with Gasteiger partial charge in [-0.1, -0.05) is 24.3 Å². The van der Waals surface area contributed by atoms with Crippen molar-refractivity contribution in [2.45, 2.75) is 20.0 Å². The molecule has 4 rings (SSSR count). The summed E-state index contributed by atoms with van der Waals surface area (Å²) < 4.78 is 8.86. The minimum Gasteiger partial charge on any atom is -0.379 e. The number of fused-ring (bicyclic) bond motifs is 1. The van der Waals surface area contributed by atoms with E-state index in [0.29, 0.717) is 0 Å². The maximum Gasteiger partial charge on any atom is 0.332 e. The second-order valence-electron chi connectivity index (χ2n) is 7.53. The van der Waals surface area contributed by atoms with Crippen molar-refractivity contribution in [3.8, 4) is 0 Å². The Bertz CT molecular complexity index is 1190. The number of nitrogens with two attached hydrogens (primary N) is 1. The lowest BCUT2D eigenvalue weighted by molar-refractivity contribution is -0.118. The lowest BCUT2D eigenvalue weighted by Crippen LogP contribution is -2.37. The van der Waals surface area contributed by atoms with Crippen LogP contribution in [-0.4, -0.2) is 55.8 Å². The van der Waals surface area contributed by atoms with E-state index in [1.165, 1.54) is 40.7 Å². The summed E-state index contributed by atoms with van der Waals surface area (Å²) in [5, 5.41) is 0. The first-order valence-corrected chi connectivity index (χ1v) is 10.0. The van der Waals surface area contributed by atoms with Gasteiger partial charge in [-0.05, 0) is 18.1 Å². The fourth-order valence-corrected chi connectivity index (χ4v) is 3.47. The van der Waals surface area contributed by atoms with Gasteiger partial charge in [-0.15, -0.1) is 0 Å². The highest BCUT2D eigenvalue weighted by Gasteiger charge is 2.15. The molecule has 0 atom stereocenters. The zero-order chi connectivity index (χ0) is 22.5. The minimum atomic E-state index is -0.583. The Balaban J connectivity index is 0.000000179. The van der Waals surface area contributed by atoms with Crippen molar-refractivity contribution in [3.05, 3.63) is 62.6 Å². The van der Waals surface area contributed by atoms with Crippen LogP contribution in [-0.2, 0) is 36.7 Å². The van der Waals surface area contributed by atoms with Gasteiger partial charge in [0.1, 0.15) is 6.54 Å². The summed E-state index contributed by atoms with van der Waals surface area (Å²) in [6, 6.07) is 8.60. The number of amides is 1. The van der Waals surface area contributed by atoms with E-state index in [9.17, 15) is 14.4 Å². The molecule has 2 aromatic heterocycles. The molecular weight excluding hydrogens is 400 g/mol. The number of nitrogens with zero attached hydrogens (tertiary/aromatic N) is 5. The first-order chi connectivity index (χ1) is 14.8. The molecule has 0 saturated carbocycles. The average Bonchev–Trinajstić information content (AvgIpc) is 3.17. The number of benzene rings is 1. The molecular formula is C21H28N6O4. The van der Waals surface area contributed by atoms with E-state index in [-0.39, 0.29) is 17.7 Å². The summed E-state index contributed by atoms with van der Waals surface area (Å²) in [6.45, 7) is 6.98. The van der Waals surface area contributed by atoms with Gasteiger partial charge in [0, 0.05) is 33.7 Å². The molecule has 31 heavy (non-hydrogen) atoms. The van der Waals surface area contributed by atoms with Gasteiger partial charge in [-0.2, -0.15) is 0 Å². The molecule has 166 valence electrons. The molecule has 3 aromatic rings. The Morgan fingerprint density at radius 2 is 1.81 bits per heavy atom. The molecule has 1 saturated heterocycles. The van der Waals surface area contributed by atoms with Gasteiger partial charge in [-0.3, -0.25) is 23.6 Å². The molecule has 0 bridgehead atoms. The van der Waals surface area contributed by atoms with Crippen molar-refractivity contribution < 1.29 is 9.53 Å². The van der Waals surface area contributed by atoms with Crippen molar-refractivity contribution in [2.24, 2.45) is 19.8 Å². The first kappa shape index (κ1) is 22.4. The number of hydrogen-bond donors (Lipinski definition) is 1. The van der Waals surface area contributed by atoms with Crippen LogP contribution < -0.4 is 17.0 Å². The van der Waals surface area contributed by atoms with E-state index in [1.54, 1.807) is 0 Å². The Labute approximate surface area is 179 Å². The molecule has 1 aliphatic heterocycles. The summed E-state index contributed by atoms with van der Waals surface area (Å²) in [5.41, 5.74) is 7.35. The molecule has 0 spiro atoms. The van der Waals surface area contributed by atoms with Crippen molar-refractivity contribution in [1.82, 2.24) is 23.6 Å². The predicted octanol–water partition coefficient (Wildman–Crippen LogP) is -0.254. The number of morpholine rings is 1. The Morgan fingerprint density at radius 1 is 1.13 bits per heavy atom. The van der Waals surface area contributed by atoms with E-state index >= 15 is 0 Å². The van der Waals surface area contributed by atoms with Crippen LogP contribution in [0, 0.1) is 6.92 Å². The third-order valence-electron chi connectivity index (χ3n) is 5.30. The molecule has 0 radical (unpaired) electrons. The topological polar surface area (TPSA) is 117 Å². The number of hydrogen-bond acceptors (Lipinski definition) is 6. The number of aryl methyl sites for hydroxylation is 2. The van der Waals surface area contributed by atoms with E-state index in [1.807, 2.05) is 0 Å². The highest BCUT2D eigenvalue weighted by molar-refractivity contribution is 5.77. The van der Waals surface area contributed by atoms with E-state index in [2.05, 4.69) is 41.1 Å². The second-order valence-corrected chi connectivity index (χ2v) is 7.53. The highest BCUT2D eigenvalue weighted by Crippen LogP contribution is 2.11. The summed E-state index contributed by atoms with van der Waals surface area (Å²) >= 11 is 0. The standard InChI is InChI=1S/C12H17NO.C9H11N5O3/c1-11-4-2-3-5-12(11)10-13-6-8-14-9-7-13;1-12-7-6(8(16)13(2)9(12)17)14(4-11-7)3-5(10)15/h2-5H,6-10H2,1H3;4H,3H2,1-2H3,(H2,10,15). The lowest BCUT2D eigenvalue weighted by Gasteiger charge is -2.27. The number of carbonyl (C=O) groups is 1. The predicted molar refractivity (Wildman–Crippen MR) is 117 cm³/mol. The van der Waals surface area contributed by atoms with Gasteiger partial charge in [0.2, 0.25) is 5.91 Å². The minimum absolute atomic E-state index is 0.149. The quantitative estimate of drug-likeness (QED) is 0.612. The number of carbonyl (C=O) groups excluding carboxylic acids is 1. The second kappa shape index (κ2) is 9.71. The average molecular weight is 428 g/mol. The lowest BCUT2D eigenvalue weighted by atomic mass is 10.1. The van der Waals surface area contributed by atoms with Gasteiger partial charge in [0.15, 0.2) is 11.2 Å². The molecule has 10 nitrogen and oxygen atoms in total. The molecule has 0 unspecified atom stereocenters. The van der Waals surface area contributed by atoms with Crippen molar-refractivity contribution in [1.29, 1.82) is 0 Å². The van der Waals surface area contributed by atoms with Gasteiger partial charge in [0.25, 0.3) is 5.56 Å². The van der Waals surface area contributed by atoms with Gasteiger partial charge in [-0.25, -0.2) is 9.78 Å². The zero-order valence-electron chi connectivity index (χ0n) is 18.1. The maximum atomic E-state index is 11.9. The summed E-state index contributed by atoms with van der Waals surface area (Å²) in [6.07, 6.45) is 1.32. The molecule has 0 aliphatic carbocycles. The number of rotatable bonds is 4. The fraction of sp³-hybridized carbons (Fsp3) is 0.429. The Kier molecular flexibility index (Phi) is 7.03. The molecule has 3 heterocycles. The third kappa shape index (κ3) is 5.09. The maximum absolute atomic E-state index is 11.9. The Morgan fingerprint density at radius 3 is 2.45 bits per heavy atom. The van der Waals surface area contributed by atoms with Crippen molar-refractivity contribution >= 4 is 17.1 Å². The normalized spacial score (nSPS) is 14.3. The van der Waals surface area contributed by atoms with Crippen molar-refractivity contribution in [2.75, 3.05) is 26.3 Å². The smallest absolute Gasteiger partial charge is 0.332 e. The van der Waals surface area contributed by atoms with Gasteiger partial charge in [0.05, 0.1) is 19.5 Å². The molecule has 1 aromatic carbocycles. The number of primary amides is 1. The molecule has 1 aliphatic rings. The molecule has 1 amide bonds. The van der Waals surface area contributed by atoms with E-state index in [0.717, 1.165) is 37.4 Å². The SMILES string of the molecule is Cc1ccccc1CN1CCOCC1.Cn1c(=O)c2c(ncn2CC(N)=O)n(C)c1=O. The summed E-state index contributed by atoms with van der Waals surface area (Å²) in [7, 11) is 2.87. The molecule has 1 fully saturated rings. The van der Waals surface area contributed by atoms with Crippen molar-refractivity contribution in [3.63, 3.8) is 0 Å². The summed E-state index contributed by atoms with van der Waals surface area (Å²) in [5.74, 6) is -0.583. The number of ether oxygens (including phenoxy) is 1. The highest BCUT2D eigenvalue weighted by atomic mass is 16.5. The monoisotopic (exact) mass is 428 g/mol.